The number of likely N-dealkylation sites (tertiary alicyclic amines) is 1. The van der Waals surface area contributed by atoms with E-state index in [0.717, 1.165) is 45.3 Å². The lowest BCUT2D eigenvalue weighted by atomic mass is 9.96. The normalized spacial score (nSPS) is 20.0. The molecular weight excluding hydrogens is 344 g/mol. The van der Waals surface area contributed by atoms with Gasteiger partial charge in [-0.05, 0) is 31.7 Å². The number of nitrogens with zero attached hydrogens (tertiary/aromatic N) is 6. The van der Waals surface area contributed by atoms with Crippen molar-refractivity contribution < 1.29 is 9.53 Å². The van der Waals surface area contributed by atoms with Crippen LogP contribution in [0.5, 0.6) is 5.75 Å². The first-order valence-electron chi connectivity index (χ1n) is 9.48. The molecule has 0 radical (unpaired) electrons. The largest absolute Gasteiger partial charge is 0.491 e. The van der Waals surface area contributed by atoms with E-state index in [1.165, 1.54) is 0 Å². The van der Waals surface area contributed by atoms with Gasteiger partial charge in [0.1, 0.15) is 0 Å². The van der Waals surface area contributed by atoms with E-state index in [9.17, 15) is 4.79 Å². The fourth-order valence-electron chi connectivity index (χ4n) is 3.82. The summed E-state index contributed by atoms with van der Waals surface area (Å²) in [5.74, 6) is 2.52. The second kappa shape index (κ2) is 7.85. The van der Waals surface area contributed by atoms with Crippen molar-refractivity contribution in [3.05, 3.63) is 24.7 Å². The van der Waals surface area contributed by atoms with Crippen LogP contribution in [0.25, 0.3) is 11.6 Å². The standard InChI is InChI=1S/C19H24N6O2/c1-27-15-12-22-17(16-20-7-5-8-21-16)23-18(15)25-11-4-6-14(13-25)19(26)24-9-2-3-10-24/h5,7-8,12,14H,2-4,6,9-11,13H2,1H3. The molecule has 0 aromatic carbocycles. The van der Waals surface area contributed by atoms with Crippen LogP contribution in [0.1, 0.15) is 25.7 Å². The molecule has 2 aromatic rings. The molecule has 2 aliphatic heterocycles. The second-order valence-electron chi connectivity index (χ2n) is 6.98. The molecule has 27 heavy (non-hydrogen) atoms. The van der Waals surface area contributed by atoms with Crippen molar-refractivity contribution in [1.82, 2.24) is 24.8 Å². The minimum absolute atomic E-state index is 0.00736. The van der Waals surface area contributed by atoms with Gasteiger partial charge in [-0.3, -0.25) is 4.79 Å². The monoisotopic (exact) mass is 368 g/mol. The average molecular weight is 368 g/mol. The van der Waals surface area contributed by atoms with Gasteiger partial charge in [0.05, 0.1) is 19.2 Å². The van der Waals surface area contributed by atoms with Gasteiger partial charge in [-0.1, -0.05) is 0 Å². The maximum atomic E-state index is 12.8. The van der Waals surface area contributed by atoms with Gasteiger partial charge in [-0.2, -0.15) is 0 Å². The Labute approximate surface area is 158 Å². The van der Waals surface area contributed by atoms with Gasteiger partial charge in [0.15, 0.2) is 23.2 Å². The zero-order valence-electron chi connectivity index (χ0n) is 15.5. The molecule has 2 aliphatic rings. The van der Waals surface area contributed by atoms with Crippen molar-refractivity contribution in [2.24, 2.45) is 5.92 Å². The summed E-state index contributed by atoms with van der Waals surface area (Å²) in [6.45, 7) is 3.27. The van der Waals surface area contributed by atoms with E-state index in [0.29, 0.717) is 29.8 Å². The van der Waals surface area contributed by atoms with E-state index in [1.54, 1.807) is 31.8 Å². The summed E-state index contributed by atoms with van der Waals surface area (Å²) in [5.41, 5.74) is 0. The maximum Gasteiger partial charge on any atom is 0.227 e. The van der Waals surface area contributed by atoms with Crippen LogP contribution in [0.15, 0.2) is 24.7 Å². The van der Waals surface area contributed by atoms with Crippen LogP contribution in [0, 0.1) is 5.92 Å². The zero-order chi connectivity index (χ0) is 18.6. The number of anilines is 1. The summed E-state index contributed by atoms with van der Waals surface area (Å²) >= 11 is 0. The smallest absolute Gasteiger partial charge is 0.227 e. The quantitative estimate of drug-likeness (QED) is 0.813. The fraction of sp³-hybridized carbons (Fsp3) is 0.526. The Bertz CT molecular complexity index is 794. The Balaban J connectivity index is 1.58. The highest BCUT2D eigenvalue weighted by Gasteiger charge is 2.32. The molecule has 0 N–H and O–H groups in total. The molecule has 1 amide bonds. The molecule has 4 rings (SSSR count). The third-order valence-corrected chi connectivity index (χ3v) is 5.21. The number of amides is 1. The third-order valence-electron chi connectivity index (χ3n) is 5.21. The summed E-state index contributed by atoms with van der Waals surface area (Å²) in [4.78, 5) is 34.4. The van der Waals surface area contributed by atoms with Crippen molar-refractivity contribution in [3.63, 3.8) is 0 Å². The summed E-state index contributed by atoms with van der Waals surface area (Å²) in [6.07, 6.45) is 9.09. The molecule has 2 saturated heterocycles. The van der Waals surface area contributed by atoms with Crippen LogP contribution in [0.2, 0.25) is 0 Å². The van der Waals surface area contributed by atoms with Crippen LogP contribution in [0.3, 0.4) is 0 Å². The molecule has 0 saturated carbocycles. The first kappa shape index (κ1) is 17.6. The summed E-state index contributed by atoms with van der Waals surface area (Å²) in [7, 11) is 1.61. The lowest BCUT2D eigenvalue weighted by Gasteiger charge is -2.35. The van der Waals surface area contributed by atoms with Gasteiger partial charge in [-0.15, -0.1) is 0 Å². The van der Waals surface area contributed by atoms with Gasteiger partial charge < -0.3 is 14.5 Å². The number of piperidine rings is 1. The molecule has 0 spiro atoms. The van der Waals surface area contributed by atoms with Gasteiger partial charge in [-0.25, -0.2) is 19.9 Å². The number of rotatable bonds is 4. The maximum absolute atomic E-state index is 12.8. The molecule has 4 heterocycles. The molecule has 0 bridgehead atoms. The van der Waals surface area contributed by atoms with Gasteiger partial charge >= 0.3 is 0 Å². The fourth-order valence-corrected chi connectivity index (χ4v) is 3.82. The van der Waals surface area contributed by atoms with Crippen LogP contribution in [-0.4, -0.2) is 64.0 Å². The van der Waals surface area contributed by atoms with Crippen molar-refractivity contribution in [2.45, 2.75) is 25.7 Å². The van der Waals surface area contributed by atoms with E-state index in [2.05, 4.69) is 24.8 Å². The number of carbonyl (C=O) groups excluding carboxylic acids is 1. The Kier molecular flexibility index (Phi) is 5.13. The molecule has 8 nitrogen and oxygen atoms in total. The molecule has 8 heteroatoms. The van der Waals surface area contributed by atoms with Crippen molar-refractivity contribution in [3.8, 4) is 17.4 Å². The molecule has 1 atom stereocenters. The highest BCUT2D eigenvalue weighted by atomic mass is 16.5. The Morgan fingerprint density at radius 3 is 2.59 bits per heavy atom. The summed E-state index contributed by atoms with van der Waals surface area (Å²) < 4.78 is 5.48. The van der Waals surface area contributed by atoms with Crippen LogP contribution >= 0.6 is 0 Å². The molecule has 0 aliphatic carbocycles. The van der Waals surface area contributed by atoms with E-state index in [4.69, 9.17) is 4.74 Å². The van der Waals surface area contributed by atoms with Gasteiger partial charge in [0, 0.05) is 38.6 Å². The zero-order valence-corrected chi connectivity index (χ0v) is 15.5. The van der Waals surface area contributed by atoms with E-state index in [1.807, 2.05) is 4.90 Å². The lowest BCUT2D eigenvalue weighted by Crippen LogP contribution is -2.44. The number of hydrogen-bond acceptors (Lipinski definition) is 7. The molecule has 1 unspecified atom stereocenters. The third kappa shape index (κ3) is 3.70. The number of aromatic nitrogens is 4. The van der Waals surface area contributed by atoms with E-state index in [-0.39, 0.29) is 11.8 Å². The highest BCUT2D eigenvalue weighted by molar-refractivity contribution is 5.80. The van der Waals surface area contributed by atoms with Crippen LogP contribution in [-0.2, 0) is 4.79 Å². The Hall–Kier alpha value is -2.77. The van der Waals surface area contributed by atoms with E-state index < -0.39 is 0 Å². The first-order chi connectivity index (χ1) is 13.3. The summed E-state index contributed by atoms with van der Waals surface area (Å²) in [5, 5.41) is 0. The number of hydrogen-bond donors (Lipinski definition) is 0. The van der Waals surface area contributed by atoms with Gasteiger partial charge in [0.25, 0.3) is 0 Å². The Morgan fingerprint density at radius 1 is 1.07 bits per heavy atom. The first-order valence-corrected chi connectivity index (χ1v) is 9.48. The van der Waals surface area contributed by atoms with Crippen LogP contribution in [0.4, 0.5) is 5.82 Å². The highest BCUT2D eigenvalue weighted by Crippen LogP contribution is 2.31. The van der Waals surface area contributed by atoms with E-state index >= 15 is 0 Å². The summed E-state index contributed by atoms with van der Waals surface area (Å²) in [6, 6.07) is 1.76. The SMILES string of the molecule is COc1cnc(-c2ncccn2)nc1N1CCCC(C(=O)N2CCCC2)C1. The number of methoxy groups -OCH3 is 1. The van der Waals surface area contributed by atoms with Crippen molar-refractivity contribution in [1.29, 1.82) is 0 Å². The Morgan fingerprint density at radius 2 is 1.85 bits per heavy atom. The molecular formula is C19H24N6O2. The predicted octanol–water partition coefficient (Wildman–Crippen LogP) is 1.78. The number of ether oxygens (including phenoxy) is 1. The molecule has 142 valence electrons. The predicted molar refractivity (Wildman–Crippen MR) is 100 cm³/mol. The van der Waals surface area contributed by atoms with Crippen LogP contribution < -0.4 is 9.64 Å². The number of carbonyl (C=O) groups is 1. The lowest BCUT2D eigenvalue weighted by molar-refractivity contribution is -0.134. The van der Waals surface area contributed by atoms with Crippen molar-refractivity contribution in [2.75, 3.05) is 38.2 Å². The van der Waals surface area contributed by atoms with Gasteiger partial charge in [0.2, 0.25) is 5.91 Å². The average Bonchev–Trinajstić information content (AvgIpc) is 3.28. The minimum Gasteiger partial charge on any atom is -0.491 e. The second-order valence-corrected chi connectivity index (χ2v) is 6.98. The van der Waals surface area contributed by atoms with Crippen molar-refractivity contribution >= 4 is 11.7 Å². The molecule has 2 fully saturated rings. The minimum atomic E-state index is 0.00736. The topological polar surface area (TPSA) is 84.3 Å². The molecule has 2 aromatic heterocycles.